The predicted octanol–water partition coefficient (Wildman–Crippen LogP) is 5.78. The Bertz CT molecular complexity index is 1050. The molecule has 0 saturated carbocycles. The second kappa shape index (κ2) is 9.86. The predicted molar refractivity (Wildman–Crippen MR) is 112 cm³/mol. The van der Waals surface area contributed by atoms with Crippen LogP contribution in [0.5, 0.6) is 0 Å². The molecular formula is C21H19F5N4S. The van der Waals surface area contributed by atoms with Crippen LogP contribution in [0.15, 0.2) is 36.5 Å². The lowest BCUT2D eigenvalue weighted by atomic mass is 10.1. The summed E-state index contributed by atoms with van der Waals surface area (Å²) < 4.78 is 68.6. The molecule has 0 amide bonds. The second-order valence-electron chi connectivity index (χ2n) is 6.83. The van der Waals surface area contributed by atoms with Crippen LogP contribution in [0.3, 0.4) is 0 Å². The summed E-state index contributed by atoms with van der Waals surface area (Å²) in [6.07, 6.45) is 4.55. The van der Waals surface area contributed by atoms with E-state index in [-0.39, 0.29) is 10.9 Å². The van der Waals surface area contributed by atoms with Crippen molar-refractivity contribution in [2.24, 2.45) is 0 Å². The lowest BCUT2D eigenvalue weighted by Gasteiger charge is -2.10. The molecule has 0 aliphatic rings. The highest BCUT2D eigenvalue weighted by Crippen LogP contribution is 2.24. The Balaban J connectivity index is 1.63. The molecule has 10 heteroatoms. The summed E-state index contributed by atoms with van der Waals surface area (Å²) in [5.41, 5.74) is 1.01. The van der Waals surface area contributed by atoms with Crippen LogP contribution in [0.1, 0.15) is 30.9 Å². The molecule has 2 N–H and O–H groups in total. The molecule has 0 bridgehead atoms. The maximum Gasteiger partial charge on any atom is 0.200 e. The first kappa shape index (κ1) is 22.7. The maximum atomic E-state index is 13.8. The van der Waals surface area contributed by atoms with E-state index in [2.05, 4.69) is 22.7 Å². The van der Waals surface area contributed by atoms with Crippen LogP contribution in [-0.4, -0.2) is 14.9 Å². The topological polar surface area (TPSA) is 41.9 Å². The number of hydrogen-bond donors (Lipinski definition) is 2. The van der Waals surface area contributed by atoms with E-state index in [9.17, 15) is 22.0 Å². The number of halogens is 5. The van der Waals surface area contributed by atoms with Gasteiger partial charge in [-0.1, -0.05) is 25.5 Å². The molecule has 1 heterocycles. The minimum absolute atomic E-state index is 0.225. The van der Waals surface area contributed by atoms with Crippen LogP contribution < -0.4 is 10.6 Å². The molecule has 3 aromatic rings. The van der Waals surface area contributed by atoms with Crippen molar-refractivity contribution < 1.29 is 22.0 Å². The molecule has 164 valence electrons. The summed E-state index contributed by atoms with van der Waals surface area (Å²) in [7, 11) is 0. The summed E-state index contributed by atoms with van der Waals surface area (Å²) in [6.45, 7) is 1.48. The molecular weight excluding hydrogens is 435 g/mol. The third-order valence-corrected chi connectivity index (χ3v) is 4.74. The Kier molecular flexibility index (Phi) is 7.21. The number of nitrogens with zero attached hydrogens (tertiary/aromatic N) is 2. The first-order valence-electron chi connectivity index (χ1n) is 9.50. The van der Waals surface area contributed by atoms with Crippen molar-refractivity contribution in [3.63, 3.8) is 0 Å². The number of rotatable bonds is 7. The monoisotopic (exact) mass is 454 g/mol. The van der Waals surface area contributed by atoms with E-state index in [0.29, 0.717) is 0 Å². The van der Waals surface area contributed by atoms with Gasteiger partial charge >= 0.3 is 0 Å². The van der Waals surface area contributed by atoms with E-state index < -0.39 is 41.2 Å². The van der Waals surface area contributed by atoms with Crippen LogP contribution >= 0.6 is 12.2 Å². The zero-order chi connectivity index (χ0) is 22.5. The van der Waals surface area contributed by atoms with Gasteiger partial charge in [-0.05, 0) is 42.8 Å². The minimum Gasteiger partial charge on any atom is -0.332 e. The Morgan fingerprint density at radius 2 is 1.52 bits per heavy atom. The normalized spacial score (nSPS) is 10.9. The molecule has 0 aliphatic carbocycles. The van der Waals surface area contributed by atoms with E-state index in [1.165, 1.54) is 17.8 Å². The van der Waals surface area contributed by atoms with Crippen LogP contribution in [0.25, 0.3) is 0 Å². The SMILES string of the molecule is CCCCc1ccc(NC(=S)Nc2ccn(Cc3c(F)c(F)c(F)c(F)c3F)n2)cc1. The highest BCUT2D eigenvalue weighted by molar-refractivity contribution is 7.80. The maximum absolute atomic E-state index is 13.8. The van der Waals surface area contributed by atoms with Gasteiger partial charge in [0.25, 0.3) is 0 Å². The van der Waals surface area contributed by atoms with Crippen LogP contribution in [0, 0.1) is 29.1 Å². The molecule has 0 atom stereocenters. The van der Waals surface area contributed by atoms with Crippen molar-refractivity contribution >= 4 is 28.8 Å². The number of nitrogens with one attached hydrogen (secondary N) is 2. The van der Waals surface area contributed by atoms with Crippen LogP contribution in [0.2, 0.25) is 0 Å². The van der Waals surface area contributed by atoms with Gasteiger partial charge < -0.3 is 10.6 Å². The Morgan fingerprint density at radius 3 is 2.13 bits per heavy atom. The standard InChI is InChI=1S/C21H19F5N4S/c1-2-3-4-12-5-7-13(8-6-12)27-21(31)28-15-9-10-30(29-15)11-14-16(22)18(24)20(26)19(25)17(14)23/h5-10H,2-4,11H2,1H3,(H2,27,28,29,31). The summed E-state index contributed by atoms with van der Waals surface area (Å²) in [6, 6.07) is 9.23. The molecule has 0 aliphatic heterocycles. The number of benzene rings is 2. The van der Waals surface area contributed by atoms with Gasteiger partial charge in [0.2, 0.25) is 5.82 Å². The molecule has 0 unspecified atom stereocenters. The fourth-order valence-electron chi connectivity index (χ4n) is 2.88. The number of unbranched alkanes of at least 4 members (excludes halogenated alkanes) is 1. The fourth-order valence-corrected chi connectivity index (χ4v) is 3.10. The van der Waals surface area contributed by atoms with Crippen molar-refractivity contribution in [2.45, 2.75) is 32.7 Å². The Hall–Kier alpha value is -3.01. The van der Waals surface area contributed by atoms with E-state index in [1.54, 1.807) is 0 Å². The fraction of sp³-hybridized carbons (Fsp3) is 0.238. The van der Waals surface area contributed by atoms with E-state index in [1.807, 2.05) is 24.3 Å². The molecule has 3 rings (SSSR count). The van der Waals surface area contributed by atoms with E-state index in [4.69, 9.17) is 12.2 Å². The van der Waals surface area contributed by atoms with Gasteiger partial charge in [0, 0.05) is 18.0 Å². The Morgan fingerprint density at radius 1 is 0.903 bits per heavy atom. The summed E-state index contributed by atoms with van der Waals surface area (Å²) in [4.78, 5) is 0. The highest BCUT2D eigenvalue weighted by Gasteiger charge is 2.25. The largest absolute Gasteiger partial charge is 0.332 e. The van der Waals surface area contributed by atoms with Gasteiger partial charge in [-0.3, -0.25) is 4.68 Å². The number of aryl methyl sites for hydroxylation is 1. The molecule has 2 aromatic carbocycles. The quantitative estimate of drug-likeness (QED) is 0.206. The molecule has 0 spiro atoms. The van der Waals surface area contributed by atoms with Crippen LogP contribution in [0.4, 0.5) is 33.5 Å². The molecule has 0 radical (unpaired) electrons. The third-order valence-electron chi connectivity index (χ3n) is 4.53. The summed E-state index contributed by atoms with van der Waals surface area (Å²) in [5.74, 6) is -9.73. The molecule has 4 nitrogen and oxygen atoms in total. The van der Waals surface area contributed by atoms with E-state index in [0.717, 1.165) is 29.6 Å². The first-order valence-corrected chi connectivity index (χ1v) is 9.91. The molecule has 0 fully saturated rings. The van der Waals surface area contributed by atoms with Gasteiger partial charge in [0.05, 0.1) is 12.1 Å². The number of hydrogen-bond acceptors (Lipinski definition) is 2. The van der Waals surface area contributed by atoms with Gasteiger partial charge in [-0.15, -0.1) is 0 Å². The third kappa shape index (κ3) is 5.38. The van der Waals surface area contributed by atoms with Gasteiger partial charge in [0.1, 0.15) is 0 Å². The molecule has 1 aromatic heterocycles. The van der Waals surface area contributed by atoms with Gasteiger partial charge in [-0.2, -0.15) is 5.10 Å². The lowest BCUT2D eigenvalue weighted by Crippen LogP contribution is -2.19. The summed E-state index contributed by atoms with van der Waals surface area (Å²) in [5, 5.41) is 10.0. The van der Waals surface area contributed by atoms with Crippen molar-refractivity contribution in [2.75, 3.05) is 10.6 Å². The number of anilines is 2. The van der Waals surface area contributed by atoms with Crippen molar-refractivity contribution in [3.8, 4) is 0 Å². The van der Waals surface area contributed by atoms with Gasteiger partial charge in [0.15, 0.2) is 34.2 Å². The zero-order valence-corrected chi connectivity index (χ0v) is 17.3. The molecule has 0 saturated heterocycles. The zero-order valence-electron chi connectivity index (χ0n) is 16.5. The number of thiocarbonyl (C=S) groups is 1. The Labute approximate surface area is 181 Å². The highest BCUT2D eigenvalue weighted by atomic mass is 32.1. The first-order chi connectivity index (χ1) is 14.8. The summed E-state index contributed by atoms with van der Waals surface area (Å²) >= 11 is 5.22. The van der Waals surface area contributed by atoms with E-state index >= 15 is 0 Å². The van der Waals surface area contributed by atoms with Gasteiger partial charge in [-0.25, -0.2) is 22.0 Å². The smallest absolute Gasteiger partial charge is 0.200 e. The van der Waals surface area contributed by atoms with Crippen molar-refractivity contribution in [3.05, 3.63) is 76.7 Å². The second-order valence-corrected chi connectivity index (χ2v) is 7.23. The number of aromatic nitrogens is 2. The minimum atomic E-state index is -2.20. The molecule has 31 heavy (non-hydrogen) atoms. The average Bonchev–Trinajstić information content (AvgIpc) is 3.20. The van der Waals surface area contributed by atoms with Crippen molar-refractivity contribution in [1.82, 2.24) is 9.78 Å². The lowest BCUT2D eigenvalue weighted by molar-refractivity contribution is 0.367. The van der Waals surface area contributed by atoms with Crippen LogP contribution in [-0.2, 0) is 13.0 Å². The van der Waals surface area contributed by atoms with Crippen molar-refractivity contribution in [1.29, 1.82) is 0 Å². The average molecular weight is 454 g/mol.